The van der Waals surface area contributed by atoms with Crippen LogP contribution in [0.3, 0.4) is 0 Å². The molecular formula is C14H18IN3S. The maximum absolute atomic E-state index is 5.85. The van der Waals surface area contributed by atoms with Crippen LogP contribution in [0.5, 0.6) is 0 Å². The molecule has 0 saturated heterocycles. The molecule has 0 radical (unpaired) electrons. The van der Waals surface area contributed by atoms with Crippen molar-refractivity contribution in [1.82, 2.24) is 0 Å². The highest BCUT2D eigenvalue weighted by Crippen LogP contribution is 2.18. The van der Waals surface area contributed by atoms with Crippen LogP contribution in [0.25, 0.3) is 0 Å². The van der Waals surface area contributed by atoms with E-state index >= 15 is 0 Å². The Labute approximate surface area is 135 Å². The van der Waals surface area contributed by atoms with Gasteiger partial charge in [-0.05, 0) is 34.5 Å². The lowest BCUT2D eigenvalue weighted by Crippen LogP contribution is -2.23. The van der Waals surface area contributed by atoms with Crippen LogP contribution in [-0.2, 0) is 0 Å². The number of aliphatic imine (C=N–C) groups is 1. The van der Waals surface area contributed by atoms with E-state index in [0.29, 0.717) is 18.4 Å². The van der Waals surface area contributed by atoms with E-state index in [1.165, 1.54) is 5.56 Å². The van der Waals surface area contributed by atoms with Crippen molar-refractivity contribution < 1.29 is 0 Å². The molecule has 0 saturated carbocycles. The summed E-state index contributed by atoms with van der Waals surface area (Å²) in [5, 5.41) is 7.31. The van der Waals surface area contributed by atoms with Gasteiger partial charge in [-0.1, -0.05) is 25.1 Å². The first kappa shape index (κ1) is 16.0. The van der Waals surface area contributed by atoms with E-state index in [4.69, 9.17) is 5.73 Å². The van der Waals surface area contributed by atoms with E-state index in [1.807, 2.05) is 30.3 Å². The van der Waals surface area contributed by atoms with Gasteiger partial charge in [0.1, 0.15) is 0 Å². The number of nitrogens with two attached hydrogens (primary N) is 1. The topological polar surface area (TPSA) is 50.4 Å². The van der Waals surface area contributed by atoms with E-state index < -0.39 is 0 Å². The van der Waals surface area contributed by atoms with Crippen LogP contribution >= 0.6 is 35.3 Å². The maximum Gasteiger partial charge on any atom is 0.193 e. The fourth-order valence-corrected chi connectivity index (χ4v) is 2.39. The van der Waals surface area contributed by atoms with Crippen molar-refractivity contribution in [2.75, 3.05) is 11.9 Å². The number of para-hydroxylation sites is 1. The van der Waals surface area contributed by atoms with E-state index in [0.717, 1.165) is 5.69 Å². The lowest BCUT2D eigenvalue weighted by atomic mass is 10.1. The first-order valence-electron chi connectivity index (χ1n) is 5.90. The zero-order valence-corrected chi connectivity index (χ0v) is 13.9. The summed E-state index contributed by atoms with van der Waals surface area (Å²) in [5.74, 6) is 0.857. The summed E-state index contributed by atoms with van der Waals surface area (Å²) in [5.41, 5.74) is 8.13. The van der Waals surface area contributed by atoms with Gasteiger partial charge in [-0.3, -0.25) is 4.99 Å². The third-order valence-electron chi connectivity index (χ3n) is 2.69. The Kier molecular flexibility index (Phi) is 6.86. The van der Waals surface area contributed by atoms with E-state index in [2.05, 4.69) is 34.1 Å². The normalized spacial score (nSPS) is 12.6. The summed E-state index contributed by atoms with van der Waals surface area (Å²) in [6.07, 6.45) is 0. The number of thiophene rings is 1. The molecule has 0 bridgehead atoms. The van der Waals surface area contributed by atoms with E-state index in [1.54, 1.807) is 11.3 Å². The molecule has 2 aromatic rings. The molecule has 102 valence electrons. The highest BCUT2D eigenvalue weighted by Gasteiger charge is 2.04. The second-order valence-corrected chi connectivity index (χ2v) is 4.95. The monoisotopic (exact) mass is 387 g/mol. The Morgan fingerprint density at radius 3 is 2.68 bits per heavy atom. The lowest BCUT2D eigenvalue weighted by molar-refractivity contribution is 0.778. The molecule has 0 fully saturated rings. The molecule has 1 aromatic heterocycles. The van der Waals surface area contributed by atoms with Crippen LogP contribution < -0.4 is 11.1 Å². The summed E-state index contributed by atoms with van der Waals surface area (Å²) in [7, 11) is 0. The Bertz CT molecular complexity index is 497. The minimum atomic E-state index is 0. The lowest BCUT2D eigenvalue weighted by Gasteiger charge is -2.08. The van der Waals surface area contributed by atoms with Crippen LogP contribution in [0, 0.1) is 0 Å². The molecule has 3 nitrogen and oxygen atoms in total. The van der Waals surface area contributed by atoms with Crippen molar-refractivity contribution in [3.63, 3.8) is 0 Å². The van der Waals surface area contributed by atoms with Crippen LogP contribution in [-0.4, -0.2) is 12.5 Å². The van der Waals surface area contributed by atoms with Crippen LogP contribution in [0.1, 0.15) is 18.4 Å². The third-order valence-corrected chi connectivity index (χ3v) is 3.40. The van der Waals surface area contributed by atoms with Crippen molar-refractivity contribution in [2.45, 2.75) is 12.8 Å². The van der Waals surface area contributed by atoms with Gasteiger partial charge in [0.2, 0.25) is 0 Å². The van der Waals surface area contributed by atoms with Gasteiger partial charge in [0, 0.05) is 18.2 Å². The Morgan fingerprint density at radius 1 is 1.32 bits per heavy atom. The number of hydrogen-bond acceptors (Lipinski definition) is 2. The smallest absolute Gasteiger partial charge is 0.193 e. The Morgan fingerprint density at radius 2 is 2.05 bits per heavy atom. The molecule has 1 heterocycles. The molecular weight excluding hydrogens is 369 g/mol. The fraction of sp³-hybridized carbons (Fsp3) is 0.214. The number of benzene rings is 1. The van der Waals surface area contributed by atoms with Crippen molar-refractivity contribution in [3.8, 4) is 0 Å². The molecule has 1 unspecified atom stereocenters. The number of nitrogens with one attached hydrogen (secondary N) is 1. The fourth-order valence-electron chi connectivity index (χ4n) is 1.60. The van der Waals surface area contributed by atoms with Crippen molar-refractivity contribution in [1.29, 1.82) is 0 Å². The highest BCUT2D eigenvalue weighted by atomic mass is 127. The van der Waals surface area contributed by atoms with Crippen LogP contribution in [0.15, 0.2) is 52.2 Å². The van der Waals surface area contributed by atoms with Gasteiger partial charge < -0.3 is 11.1 Å². The summed E-state index contributed by atoms with van der Waals surface area (Å²) in [6, 6.07) is 11.9. The zero-order valence-electron chi connectivity index (χ0n) is 10.7. The van der Waals surface area contributed by atoms with Gasteiger partial charge in [0.25, 0.3) is 0 Å². The Hall–Kier alpha value is -1.08. The number of rotatable bonds is 4. The van der Waals surface area contributed by atoms with Gasteiger partial charge >= 0.3 is 0 Å². The molecule has 0 spiro atoms. The van der Waals surface area contributed by atoms with Gasteiger partial charge in [-0.2, -0.15) is 11.3 Å². The summed E-state index contributed by atoms with van der Waals surface area (Å²) >= 11 is 1.71. The number of guanidine groups is 1. The number of anilines is 1. The molecule has 19 heavy (non-hydrogen) atoms. The van der Waals surface area contributed by atoms with Gasteiger partial charge in [0.05, 0.1) is 0 Å². The Balaban J connectivity index is 0.00000180. The summed E-state index contributed by atoms with van der Waals surface area (Å²) in [6.45, 7) is 2.85. The maximum atomic E-state index is 5.85. The second-order valence-electron chi connectivity index (χ2n) is 4.17. The first-order valence-corrected chi connectivity index (χ1v) is 6.84. The predicted molar refractivity (Wildman–Crippen MR) is 94.7 cm³/mol. The minimum Gasteiger partial charge on any atom is -0.370 e. The van der Waals surface area contributed by atoms with Crippen molar-refractivity contribution in [2.24, 2.45) is 10.7 Å². The average Bonchev–Trinajstić information content (AvgIpc) is 2.91. The van der Waals surface area contributed by atoms with E-state index in [-0.39, 0.29) is 24.0 Å². The number of halogens is 1. The van der Waals surface area contributed by atoms with Gasteiger partial charge in [0.15, 0.2) is 5.96 Å². The third kappa shape index (κ3) is 5.20. The highest BCUT2D eigenvalue weighted by molar-refractivity contribution is 14.0. The average molecular weight is 387 g/mol. The van der Waals surface area contributed by atoms with E-state index in [9.17, 15) is 0 Å². The molecule has 1 aromatic carbocycles. The number of nitrogens with zero attached hydrogens (tertiary/aromatic N) is 1. The van der Waals surface area contributed by atoms with Crippen molar-refractivity contribution in [3.05, 3.63) is 52.7 Å². The van der Waals surface area contributed by atoms with Gasteiger partial charge in [-0.15, -0.1) is 24.0 Å². The largest absolute Gasteiger partial charge is 0.370 e. The van der Waals surface area contributed by atoms with Gasteiger partial charge in [-0.25, -0.2) is 0 Å². The molecule has 0 amide bonds. The first-order chi connectivity index (χ1) is 8.75. The van der Waals surface area contributed by atoms with Crippen LogP contribution in [0.4, 0.5) is 5.69 Å². The summed E-state index contributed by atoms with van der Waals surface area (Å²) < 4.78 is 0. The quantitative estimate of drug-likeness (QED) is 0.475. The molecule has 2 rings (SSSR count). The molecule has 3 N–H and O–H groups in total. The summed E-state index contributed by atoms with van der Waals surface area (Å²) in [4.78, 5) is 4.36. The molecule has 1 atom stereocenters. The second kappa shape index (κ2) is 8.16. The standard InChI is InChI=1S/C14H17N3S.HI/c1-11(12-7-8-18-10-12)9-16-14(15)17-13-5-3-2-4-6-13;/h2-8,10-11H,9H2,1H3,(H3,15,16,17);1H. The van der Waals surface area contributed by atoms with Crippen molar-refractivity contribution >= 4 is 47.0 Å². The minimum absolute atomic E-state index is 0. The molecule has 0 aliphatic heterocycles. The SMILES string of the molecule is CC(CN=C(N)Nc1ccccc1)c1ccsc1.I. The number of hydrogen-bond donors (Lipinski definition) is 2. The molecule has 5 heteroatoms. The van der Waals surface area contributed by atoms with Crippen LogP contribution in [0.2, 0.25) is 0 Å². The zero-order chi connectivity index (χ0) is 12.8. The predicted octanol–water partition coefficient (Wildman–Crippen LogP) is 3.90. The molecule has 0 aliphatic rings. The molecule has 0 aliphatic carbocycles.